The molecule has 1 heterocycles. The van der Waals surface area contributed by atoms with Crippen LogP contribution in [0.2, 0.25) is 0 Å². The van der Waals surface area contributed by atoms with Gasteiger partial charge in [0.05, 0.1) is 0 Å². The molecular weight excluding hydrogens is 220 g/mol. The summed E-state index contributed by atoms with van der Waals surface area (Å²) >= 11 is 0. The summed E-state index contributed by atoms with van der Waals surface area (Å²) in [6.07, 6.45) is 4.99. The van der Waals surface area contributed by atoms with Gasteiger partial charge in [0.1, 0.15) is 0 Å². The van der Waals surface area contributed by atoms with Crippen LogP contribution in [0.5, 0.6) is 0 Å². The number of para-hydroxylation sites is 1. The first-order valence-electron chi connectivity index (χ1n) is 7.13. The van der Waals surface area contributed by atoms with Crippen molar-refractivity contribution in [3.05, 3.63) is 29.8 Å². The molecule has 1 aromatic carbocycles. The molecule has 0 spiro atoms. The van der Waals surface area contributed by atoms with Crippen LogP contribution in [0.25, 0.3) is 0 Å². The fourth-order valence-electron chi connectivity index (χ4n) is 2.64. The molecule has 0 aromatic heterocycles. The Morgan fingerprint density at radius 3 is 2.50 bits per heavy atom. The molecule has 1 aromatic rings. The van der Waals surface area contributed by atoms with Crippen molar-refractivity contribution >= 4 is 5.69 Å². The molecule has 1 saturated heterocycles. The van der Waals surface area contributed by atoms with Gasteiger partial charge >= 0.3 is 0 Å². The van der Waals surface area contributed by atoms with E-state index in [4.69, 9.17) is 5.73 Å². The van der Waals surface area contributed by atoms with Gasteiger partial charge in [0, 0.05) is 5.69 Å². The average Bonchev–Trinajstić information content (AvgIpc) is 2.34. The second-order valence-electron chi connectivity index (χ2n) is 6.31. The lowest BCUT2D eigenvalue weighted by molar-refractivity contribution is 0.132. The van der Waals surface area contributed by atoms with Crippen LogP contribution in [-0.4, -0.2) is 24.5 Å². The molecule has 2 rings (SSSR count). The molecule has 0 saturated carbocycles. The Morgan fingerprint density at radius 1 is 1.17 bits per heavy atom. The molecule has 2 N–H and O–H groups in total. The Labute approximate surface area is 111 Å². The Balaban J connectivity index is 1.72. The Morgan fingerprint density at radius 2 is 1.83 bits per heavy atom. The third-order valence-corrected chi connectivity index (χ3v) is 4.19. The second kappa shape index (κ2) is 5.75. The fraction of sp³-hybridized carbons (Fsp3) is 0.625. The minimum Gasteiger partial charge on any atom is -0.399 e. The van der Waals surface area contributed by atoms with Crippen molar-refractivity contribution in [1.29, 1.82) is 0 Å². The van der Waals surface area contributed by atoms with Gasteiger partial charge in [0.2, 0.25) is 0 Å². The lowest BCUT2D eigenvalue weighted by Gasteiger charge is -2.36. The topological polar surface area (TPSA) is 29.3 Å². The average molecular weight is 246 g/mol. The predicted molar refractivity (Wildman–Crippen MR) is 78.6 cm³/mol. The van der Waals surface area contributed by atoms with Crippen LogP contribution < -0.4 is 5.73 Å². The maximum atomic E-state index is 5.96. The van der Waals surface area contributed by atoms with Crippen molar-refractivity contribution in [3.63, 3.8) is 0 Å². The van der Waals surface area contributed by atoms with E-state index in [1.54, 1.807) is 0 Å². The number of hydrogen-bond acceptors (Lipinski definition) is 2. The highest BCUT2D eigenvalue weighted by atomic mass is 15.1. The molecule has 1 aliphatic rings. The standard InChI is InChI=1S/C16H26N2/c1-16(2)9-12-18(13-10-16)11-5-7-14-6-3-4-8-15(14)17/h3-4,6,8H,5,7,9-13,17H2,1-2H3. The minimum atomic E-state index is 0.556. The van der Waals surface area contributed by atoms with E-state index in [0.29, 0.717) is 5.41 Å². The van der Waals surface area contributed by atoms with Crippen LogP contribution in [-0.2, 0) is 6.42 Å². The maximum Gasteiger partial charge on any atom is 0.0346 e. The Hall–Kier alpha value is -1.02. The van der Waals surface area contributed by atoms with Gasteiger partial charge in [0.25, 0.3) is 0 Å². The van der Waals surface area contributed by atoms with Crippen LogP contribution in [0.15, 0.2) is 24.3 Å². The zero-order chi connectivity index (χ0) is 13.0. The van der Waals surface area contributed by atoms with Gasteiger partial charge in [-0.1, -0.05) is 32.0 Å². The van der Waals surface area contributed by atoms with E-state index >= 15 is 0 Å². The van der Waals surface area contributed by atoms with E-state index in [0.717, 1.165) is 12.1 Å². The van der Waals surface area contributed by atoms with Crippen molar-refractivity contribution < 1.29 is 0 Å². The maximum absolute atomic E-state index is 5.96. The number of rotatable bonds is 4. The smallest absolute Gasteiger partial charge is 0.0346 e. The first kappa shape index (κ1) is 13.4. The second-order valence-corrected chi connectivity index (χ2v) is 6.31. The van der Waals surface area contributed by atoms with E-state index in [9.17, 15) is 0 Å². The van der Waals surface area contributed by atoms with Gasteiger partial charge in [-0.2, -0.15) is 0 Å². The summed E-state index contributed by atoms with van der Waals surface area (Å²) in [6, 6.07) is 8.23. The Bertz CT molecular complexity index is 374. The molecule has 0 bridgehead atoms. The third kappa shape index (κ3) is 3.74. The summed E-state index contributed by atoms with van der Waals surface area (Å²) < 4.78 is 0. The first-order valence-corrected chi connectivity index (χ1v) is 7.13. The first-order chi connectivity index (χ1) is 8.57. The molecule has 18 heavy (non-hydrogen) atoms. The van der Waals surface area contributed by atoms with Crippen molar-refractivity contribution in [3.8, 4) is 0 Å². The van der Waals surface area contributed by atoms with Crippen LogP contribution in [0.4, 0.5) is 5.69 Å². The van der Waals surface area contributed by atoms with E-state index in [1.165, 1.54) is 44.5 Å². The molecule has 1 aliphatic heterocycles. The zero-order valence-electron chi connectivity index (χ0n) is 11.8. The number of hydrogen-bond donors (Lipinski definition) is 1. The van der Waals surface area contributed by atoms with Gasteiger partial charge < -0.3 is 10.6 Å². The number of benzene rings is 1. The summed E-state index contributed by atoms with van der Waals surface area (Å²) in [5.41, 5.74) is 8.76. The van der Waals surface area contributed by atoms with Crippen LogP contribution in [0, 0.1) is 5.41 Å². The Kier molecular flexibility index (Phi) is 4.28. The van der Waals surface area contributed by atoms with E-state index in [2.05, 4.69) is 30.9 Å². The number of likely N-dealkylation sites (tertiary alicyclic amines) is 1. The summed E-state index contributed by atoms with van der Waals surface area (Å²) in [5.74, 6) is 0. The number of anilines is 1. The molecule has 0 amide bonds. The van der Waals surface area contributed by atoms with Gasteiger partial charge in [-0.3, -0.25) is 0 Å². The number of nitrogens with zero attached hydrogens (tertiary/aromatic N) is 1. The number of nitrogens with two attached hydrogens (primary N) is 1. The van der Waals surface area contributed by atoms with Gasteiger partial charge in [-0.05, 0) is 62.4 Å². The molecular formula is C16H26N2. The molecule has 1 fully saturated rings. The zero-order valence-corrected chi connectivity index (χ0v) is 11.8. The van der Waals surface area contributed by atoms with Gasteiger partial charge in [0.15, 0.2) is 0 Å². The van der Waals surface area contributed by atoms with E-state index in [-0.39, 0.29) is 0 Å². The molecule has 100 valence electrons. The number of nitrogen functional groups attached to an aromatic ring is 1. The summed E-state index contributed by atoms with van der Waals surface area (Å²) in [5, 5.41) is 0. The van der Waals surface area contributed by atoms with Crippen LogP contribution in [0.1, 0.15) is 38.7 Å². The number of aryl methyl sites for hydroxylation is 1. The molecule has 0 radical (unpaired) electrons. The fourth-order valence-corrected chi connectivity index (χ4v) is 2.64. The highest BCUT2D eigenvalue weighted by Crippen LogP contribution is 2.29. The van der Waals surface area contributed by atoms with Gasteiger partial charge in [-0.15, -0.1) is 0 Å². The summed E-state index contributed by atoms with van der Waals surface area (Å²) in [7, 11) is 0. The lowest BCUT2D eigenvalue weighted by Crippen LogP contribution is -2.37. The van der Waals surface area contributed by atoms with Crippen LogP contribution >= 0.6 is 0 Å². The van der Waals surface area contributed by atoms with E-state index in [1.807, 2.05) is 12.1 Å². The highest BCUT2D eigenvalue weighted by Gasteiger charge is 2.24. The summed E-state index contributed by atoms with van der Waals surface area (Å²) in [6.45, 7) is 8.50. The highest BCUT2D eigenvalue weighted by molar-refractivity contribution is 5.46. The third-order valence-electron chi connectivity index (χ3n) is 4.19. The number of piperidine rings is 1. The van der Waals surface area contributed by atoms with Crippen molar-refractivity contribution in [2.45, 2.75) is 39.5 Å². The predicted octanol–water partition coefficient (Wildman–Crippen LogP) is 3.32. The van der Waals surface area contributed by atoms with Crippen molar-refractivity contribution in [2.24, 2.45) is 5.41 Å². The van der Waals surface area contributed by atoms with Crippen molar-refractivity contribution in [1.82, 2.24) is 4.90 Å². The normalized spacial score (nSPS) is 19.9. The minimum absolute atomic E-state index is 0.556. The summed E-state index contributed by atoms with van der Waals surface area (Å²) in [4.78, 5) is 2.60. The molecule has 2 heteroatoms. The molecule has 0 aliphatic carbocycles. The van der Waals surface area contributed by atoms with Crippen LogP contribution in [0.3, 0.4) is 0 Å². The van der Waals surface area contributed by atoms with Crippen molar-refractivity contribution in [2.75, 3.05) is 25.4 Å². The largest absolute Gasteiger partial charge is 0.399 e. The lowest BCUT2D eigenvalue weighted by atomic mass is 9.82. The SMILES string of the molecule is CC1(C)CCN(CCCc2ccccc2N)CC1. The van der Waals surface area contributed by atoms with E-state index < -0.39 is 0 Å². The molecule has 2 nitrogen and oxygen atoms in total. The van der Waals surface area contributed by atoms with Gasteiger partial charge in [-0.25, -0.2) is 0 Å². The molecule has 0 atom stereocenters. The molecule has 0 unspecified atom stereocenters. The monoisotopic (exact) mass is 246 g/mol. The quantitative estimate of drug-likeness (QED) is 0.826.